The van der Waals surface area contributed by atoms with E-state index in [0.29, 0.717) is 5.54 Å². The van der Waals surface area contributed by atoms with E-state index < -0.39 is 0 Å². The molecule has 1 aromatic rings. The van der Waals surface area contributed by atoms with Crippen molar-refractivity contribution in [3.8, 4) is 11.8 Å². The lowest BCUT2D eigenvalue weighted by Gasteiger charge is -2.42. The smallest absolute Gasteiger partial charge is 0.119 e. The van der Waals surface area contributed by atoms with Gasteiger partial charge in [0, 0.05) is 12.1 Å². The van der Waals surface area contributed by atoms with Crippen molar-refractivity contribution < 1.29 is 4.74 Å². The standard InChI is InChI=1S/C23H34N2O/c1-22(2)13-6-7-16-25(22)17-8-18-26-21-11-9-20(10-12-21)23(19-24)14-4-3-5-15-23/h9-12H,3-8,13-18H2,1-2H3. The van der Waals surface area contributed by atoms with E-state index in [1.807, 2.05) is 12.1 Å². The molecule has 1 heterocycles. The number of piperidine rings is 1. The van der Waals surface area contributed by atoms with Gasteiger partial charge in [-0.15, -0.1) is 0 Å². The molecule has 1 aliphatic carbocycles. The predicted octanol–water partition coefficient (Wildman–Crippen LogP) is 5.45. The lowest BCUT2D eigenvalue weighted by molar-refractivity contribution is 0.0713. The first-order valence-corrected chi connectivity index (χ1v) is 10.5. The minimum atomic E-state index is -0.267. The van der Waals surface area contributed by atoms with Crippen LogP contribution in [-0.4, -0.2) is 30.1 Å². The number of likely N-dealkylation sites (tertiary alicyclic amines) is 1. The summed E-state index contributed by atoms with van der Waals surface area (Å²) in [5, 5.41) is 9.72. The van der Waals surface area contributed by atoms with E-state index in [1.54, 1.807) is 0 Å². The van der Waals surface area contributed by atoms with E-state index in [2.05, 4.69) is 36.9 Å². The van der Waals surface area contributed by atoms with E-state index in [4.69, 9.17) is 4.74 Å². The van der Waals surface area contributed by atoms with Gasteiger partial charge in [0.1, 0.15) is 5.75 Å². The lowest BCUT2D eigenvalue weighted by atomic mass is 9.70. The summed E-state index contributed by atoms with van der Waals surface area (Å²) in [5.41, 5.74) is 1.24. The highest BCUT2D eigenvalue weighted by Crippen LogP contribution is 2.39. The molecule has 26 heavy (non-hydrogen) atoms. The molecule has 0 N–H and O–H groups in total. The molecule has 0 aromatic heterocycles. The monoisotopic (exact) mass is 354 g/mol. The largest absolute Gasteiger partial charge is 0.494 e. The van der Waals surface area contributed by atoms with Gasteiger partial charge in [-0.3, -0.25) is 4.90 Å². The van der Waals surface area contributed by atoms with E-state index in [0.717, 1.165) is 38.2 Å². The van der Waals surface area contributed by atoms with Crippen LogP contribution in [0.1, 0.15) is 77.2 Å². The highest BCUT2D eigenvalue weighted by molar-refractivity contribution is 5.37. The van der Waals surface area contributed by atoms with Gasteiger partial charge in [0.05, 0.1) is 18.1 Å². The zero-order valence-electron chi connectivity index (χ0n) is 16.6. The number of nitrogens with zero attached hydrogens (tertiary/aromatic N) is 2. The molecule has 1 saturated carbocycles. The second kappa shape index (κ2) is 8.44. The molecule has 2 fully saturated rings. The number of nitriles is 1. The summed E-state index contributed by atoms with van der Waals surface area (Å²) >= 11 is 0. The maximum atomic E-state index is 9.72. The highest BCUT2D eigenvalue weighted by atomic mass is 16.5. The second-order valence-corrected chi connectivity index (χ2v) is 8.74. The van der Waals surface area contributed by atoms with Crippen molar-refractivity contribution in [2.75, 3.05) is 19.7 Å². The molecule has 3 nitrogen and oxygen atoms in total. The van der Waals surface area contributed by atoms with E-state index in [9.17, 15) is 5.26 Å². The van der Waals surface area contributed by atoms with Crippen molar-refractivity contribution in [3.63, 3.8) is 0 Å². The maximum absolute atomic E-state index is 9.72. The zero-order chi connectivity index (χ0) is 18.5. The van der Waals surface area contributed by atoms with Gasteiger partial charge in [-0.25, -0.2) is 0 Å². The van der Waals surface area contributed by atoms with Crippen LogP contribution in [0.5, 0.6) is 5.75 Å². The first kappa shape index (κ1) is 19.2. The van der Waals surface area contributed by atoms with Gasteiger partial charge in [-0.05, 0) is 70.2 Å². The predicted molar refractivity (Wildman–Crippen MR) is 106 cm³/mol. The first-order chi connectivity index (χ1) is 12.6. The molecule has 0 unspecified atom stereocenters. The number of rotatable bonds is 6. The van der Waals surface area contributed by atoms with E-state index >= 15 is 0 Å². The Morgan fingerprint density at radius 3 is 2.35 bits per heavy atom. The third-order valence-electron chi connectivity index (χ3n) is 6.49. The topological polar surface area (TPSA) is 36.3 Å². The molecular formula is C23H34N2O. The van der Waals surface area contributed by atoms with Crippen LogP contribution in [-0.2, 0) is 5.41 Å². The van der Waals surface area contributed by atoms with Crippen LogP contribution in [0.25, 0.3) is 0 Å². The first-order valence-electron chi connectivity index (χ1n) is 10.5. The molecule has 0 radical (unpaired) electrons. The maximum Gasteiger partial charge on any atom is 0.119 e. The van der Waals surface area contributed by atoms with E-state index in [1.165, 1.54) is 50.6 Å². The van der Waals surface area contributed by atoms with Gasteiger partial charge < -0.3 is 4.74 Å². The molecule has 0 amide bonds. The summed E-state index contributed by atoms with van der Waals surface area (Å²) in [6, 6.07) is 10.9. The molecular weight excluding hydrogens is 320 g/mol. The van der Waals surface area contributed by atoms with E-state index in [-0.39, 0.29) is 5.41 Å². The Morgan fingerprint density at radius 2 is 1.69 bits per heavy atom. The number of hydrogen-bond acceptors (Lipinski definition) is 3. The Balaban J connectivity index is 1.48. The van der Waals surface area contributed by atoms with Crippen molar-refractivity contribution >= 4 is 0 Å². The number of hydrogen-bond donors (Lipinski definition) is 0. The molecule has 142 valence electrons. The average Bonchev–Trinajstić information content (AvgIpc) is 2.67. The SMILES string of the molecule is CC1(C)CCCCN1CCCOc1ccc(C2(C#N)CCCCC2)cc1. The van der Waals surface area contributed by atoms with Gasteiger partial charge in [0.2, 0.25) is 0 Å². The number of ether oxygens (including phenoxy) is 1. The van der Waals surface area contributed by atoms with Crippen molar-refractivity contribution in [2.24, 2.45) is 0 Å². The minimum absolute atomic E-state index is 0.267. The normalized spacial score (nSPS) is 22.5. The zero-order valence-corrected chi connectivity index (χ0v) is 16.6. The van der Waals surface area contributed by atoms with Crippen LogP contribution in [0.4, 0.5) is 0 Å². The Kier molecular flexibility index (Phi) is 6.24. The Bertz CT molecular complexity index is 608. The minimum Gasteiger partial charge on any atom is -0.494 e. The van der Waals surface area contributed by atoms with Crippen molar-refractivity contribution in [1.82, 2.24) is 4.90 Å². The summed E-state index contributed by atoms with van der Waals surface area (Å²) in [7, 11) is 0. The van der Waals surface area contributed by atoms with Gasteiger partial charge >= 0.3 is 0 Å². The van der Waals surface area contributed by atoms with Crippen LogP contribution in [0, 0.1) is 11.3 Å². The summed E-state index contributed by atoms with van der Waals surface area (Å²) in [5.74, 6) is 0.926. The van der Waals surface area contributed by atoms with Gasteiger partial charge in [-0.1, -0.05) is 37.8 Å². The van der Waals surface area contributed by atoms with Gasteiger partial charge in [-0.2, -0.15) is 5.26 Å². The van der Waals surface area contributed by atoms with Crippen LogP contribution in [0.2, 0.25) is 0 Å². The van der Waals surface area contributed by atoms with Crippen LogP contribution < -0.4 is 4.74 Å². The fourth-order valence-electron chi connectivity index (χ4n) is 4.67. The van der Waals surface area contributed by atoms with Crippen LogP contribution in [0.3, 0.4) is 0 Å². The fraction of sp³-hybridized carbons (Fsp3) is 0.696. The molecule has 0 spiro atoms. The fourth-order valence-corrected chi connectivity index (χ4v) is 4.67. The van der Waals surface area contributed by atoms with Crippen molar-refractivity contribution in [2.45, 2.75) is 82.6 Å². The summed E-state index contributed by atoms with van der Waals surface area (Å²) in [4.78, 5) is 2.61. The lowest BCUT2D eigenvalue weighted by Crippen LogP contribution is -2.47. The van der Waals surface area contributed by atoms with Gasteiger partial charge in [0.15, 0.2) is 0 Å². The summed E-state index contributed by atoms with van der Waals surface area (Å²) < 4.78 is 5.96. The van der Waals surface area contributed by atoms with Gasteiger partial charge in [0.25, 0.3) is 0 Å². The van der Waals surface area contributed by atoms with Crippen molar-refractivity contribution in [3.05, 3.63) is 29.8 Å². The highest BCUT2D eigenvalue weighted by Gasteiger charge is 2.33. The quantitative estimate of drug-likeness (QED) is 0.638. The van der Waals surface area contributed by atoms with Crippen LogP contribution >= 0.6 is 0 Å². The Hall–Kier alpha value is -1.53. The molecule has 0 bridgehead atoms. The molecule has 1 aliphatic heterocycles. The summed E-state index contributed by atoms with van der Waals surface area (Å²) in [6.45, 7) is 7.82. The Morgan fingerprint density at radius 1 is 1.00 bits per heavy atom. The molecule has 0 atom stereocenters. The third kappa shape index (κ3) is 4.41. The number of benzene rings is 1. The molecule has 2 aliphatic rings. The molecule has 1 aromatic carbocycles. The Labute approximate surface area is 159 Å². The molecule has 3 heteroatoms. The summed E-state index contributed by atoms with van der Waals surface area (Å²) in [6.07, 6.45) is 10.6. The second-order valence-electron chi connectivity index (χ2n) is 8.74. The van der Waals surface area contributed by atoms with Crippen molar-refractivity contribution in [1.29, 1.82) is 5.26 Å². The average molecular weight is 355 g/mol. The molecule has 1 saturated heterocycles. The molecule has 3 rings (SSSR count). The van der Waals surface area contributed by atoms with Crippen LogP contribution in [0.15, 0.2) is 24.3 Å². The third-order valence-corrected chi connectivity index (χ3v) is 6.49.